The third-order valence-corrected chi connectivity index (χ3v) is 6.52. The van der Waals surface area contributed by atoms with Gasteiger partial charge in [0.15, 0.2) is 0 Å². The molecule has 35 heavy (non-hydrogen) atoms. The number of likely N-dealkylation sites (N-methyl/N-ethyl adjacent to an activating group) is 1. The summed E-state index contributed by atoms with van der Waals surface area (Å²) in [4.78, 5) is 51.3. The third-order valence-electron chi connectivity index (χ3n) is 6.52. The van der Waals surface area contributed by atoms with Crippen molar-refractivity contribution in [3.63, 3.8) is 0 Å². The van der Waals surface area contributed by atoms with Crippen LogP contribution in [0.1, 0.15) is 37.6 Å². The average Bonchev–Trinajstić information content (AvgIpc) is 2.87. The summed E-state index contributed by atoms with van der Waals surface area (Å²) >= 11 is 0. The molecule has 0 fully saturated rings. The molecule has 0 saturated carbocycles. The van der Waals surface area contributed by atoms with Crippen LogP contribution in [0.25, 0.3) is 10.9 Å². The lowest BCUT2D eigenvalue weighted by atomic mass is 10.1. The van der Waals surface area contributed by atoms with E-state index in [1.165, 1.54) is 0 Å². The Morgan fingerprint density at radius 3 is 2.60 bits per heavy atom. The van der Waals surface area contributed by atoms with Gasteiger partial charge in [0, 0.05) is 51.6 Å². The molecule has 1 aliphatic heterocycles. The normalized spacial score (nSPS) is 15.5. The molecule has 8 nitrogen and oxygen atoms in total. The van der Waals surface area contributed by atoms with Crippen LogP contribution in [0.15, 0.2) is 53.3 Å². The Morgan fingerprint density at radius 1 is 1.00 bits per heavy atom. The van der Waals surface area contributed by atoms with E-state index < -0.39 is 0 Å². The minimum atomic E-state index is -0.154. The lowest BCUT2D eigenvalue weighted by Gasteiger charge is -2.27. The SMILES string of the molecule is CC(=O)N1CCCN(C)CCN(C(=O)CCCc2nc3ccccc3c(=O)[nH]2)Cc2ccccc21. The molecule has 0 radical (unpaired) electrons. The highest BCUT2D eigenvalue weighted by Crippen LogP contribution is 2.24. The molecule has 1 aromatic heterocycles. The molecule has 4 rings (SSSR count). The van der Waals surface area contributed by atoms with Crippen LogP contribution in [0.4, 0.5) is 5.69 Å². The molecular formula is C27H33N5O3. The van der Waals surface area contributed by atoms with Crippen molar-refractivity contribution in [2.45, 2.75) is 39.2 Å². The summed E-state index contributed by atoms with van der Waals surface area (Å²) in [6, 6.07) is 15.1. The summed E-state index contributed by atoms with van der Waals surface area (Å²) in [6.07, 6.45) is 2.34. The number of H-pyrrole nitrogens is 1. The molecule has 0 spiro atoms. The maximum atomic E-state index is 13.3. The number of nitrogens with zero attached hydrogens (tertiary/aromatic N) is 4. The Bertz CT molecular complexity index is 1250. The van der Waals surface area contributed by atoms with Crippen molar-refractivity contribution in [3.8, 4) is 0 Å². The van der Waals surface area contributed by atoms with E-state index >= 15 is 0 Å². The number of aryl methyl sites for hydroxylation is 1. The van der Waals surface area contributed by atoms with Crippen molar-refractivity contribution in [2.24, 2.45) is 0 Å². The predicted octanol–water partition coefficient (Wildman–Crippen LogP) is 2.96. The lowest BCUT2D eigenvalue weighted by molar-refractivity contribution is -0.132. The summed E-state index contributed by atoms with van der Waals surface area (Å²) in [5, 5.41) is 0.568. The van der Waals surface area contributed by atoms with Crippen molar-refractivity contribution in [1.29, 1.82) is 0 Å². The van der Waals surface area contributed by atoms with Gasteiger partial charge in [-0.25, -0.2) is 4.98 Å². The number of amides is 2. The number of benzene rings is 2. The number of aromatic amines is 1. The maximum absolute atomic E-state index is 13.3. The van der Waals surface area contributed by atoms with Crippen LogP contribution in [0.3, 0.4) is 0 Å². The molecule has 2 heterocycles. The van der Waals surface area contributed by atoms with Crippen molar-refractivity contribution < 1.29 is 9.59 Å². The molecule has 1 aliphatic rings. The molecule has 1 N–H and O–H groups in total. The standard InChI is InChI=1S/C27H33N5O3/c1-20(33)32-16-8-15-30(2)17-18-31(19-21-9-3-6-12-24(21)32)26(34)14-7-13-25-28-23-11-5-4-10-22(23)27(35)29-25/h3-6,9-12H,7-8,13-19H2,1-2H3,(H,28,29,35). The lowest BCUT2D eigenvalue weighted by Crippen LogP contribution is -2.37. The molecular weight excluding hydrogens is 442 g/mol. The molecule has 0 bridgehead atoms. The molecule has 0 saturated heterocycles. The quantitative estimate of drug-likeness (QED) is 0.627. The van der Waals surface area contributed by atoms with Gasteiger partial charge in [-0.1, -0.05) is 30.3 Å². The largest absolute Gasteiger partial charge is 0.337 e. The number of anilines is 1. The third kappa shape index (κ3) is 6.14. The van der Waals surface area contributed by atoms with Crippen LogP contribution < -0.4 is 10.5 Å². The Labute approximate surface area is 205 Å². The van der Waals surface area contributed by atoms with E-state index in [2.05, 4.69) is 14.9 Å². The second-order valence-corrected chi connectivity index (χ2v) is 9.15. The smallest absolute Gasteiger partial charge is 0.258 e. The van der Waals surface area contributed by atoms with Gasteiger partial charge in [-0.15, -0.1) is 0 Å². The number of nitrogens with one attached hydrogen (secondary N) is 1. The fourth-order valence-corrected chi connectivity index (χ4v) is 4.57. The molecule has 8 heteroatoms. The number of carbonyl (C=O) groups is 2. The summed E-state index contributed by atoms with van der Waals surface area (Å²) in [5.74, 6) is 0.667. The van der Waals surface area contributed by atoms with Gasteiger partial charge in [-0.3, -0.25) is 14.4 Å². The highest BCUT2D eigenvalue weighted by molar-refractivity contribution is 5.92. The van der Waals surface area contributed by atoms with Crippen LogP contribution in [0.2, 0.25) is 0 Å². The van der Waals surface area contributed by atoms with Crippen molar-refractivity contribution in [1.82, 2.24) is 19.8 Å². The Balaban J connectivity index is 1.48. The number of para-hydroxylation sites is 2. The number of hydrogen-bond acceptors (Lipinski definition) is 5. The second-order valence-electron chi connectivity index (χ2n) is 9.15. The van der Waals surface area contributed by atoms with Gasteiger partial charge < -0.3 is 19.7 Å². The first kappa shape index (κ1) is 24.6. The van der Waals surface area contributed by atoms with E-state index in [4.69, 9.17) is 0 Å². The zero-order chi connectivity index (χ0) is 24.8. The van der Waals surface area contributed by atoms with Crippen molar-refractivity contribution in [3.05, 3.63) is 70.3 Å². The number of aromatic nitrogens is 2. The summed E-state index contributed by atoms with van der Waals surface area (Å²) < 4.78 is 0. The first-order valence-corrected chi connectivity index (χ1v) is 12.2. The van der Waals surface area contributed by atoms with Crippen LogP contribution >= 0.6 is 0 Å². The predicted molar refractivity (Wildman–Crippen MR) is 137 cm³/mol. The van der Waals surface area contributed by atoms with Crippen molar-refractivity contribution in [2.75, 3.05) is 38.1 Å². The van der Waals surface area contributed by atoms with Gasteiger partial charge in [0.05, 0.1) is 10.9 Å². The Hall–Kier alpha value is -3.52. The maximum Gasteiger partial charge on any atom is 0.258 e. The Kier molecular flexibility index (Phi) is 7.92. The van der Waals surface area contributed by atoms with Gasteiger partial charge in [-0.2, -0.15) is 0 Å². The minimum absolute atomic E-state index is 0.00843. The molecule has 0 atom stereocenters. The zero-order valence-corrected chi connectivity index (χ0v) is 20.5. The van der Waals surface area contributed by atoms with Crippen LogP contribution in [-0.4, -0.2) is 64.8 Å². The molecule has 0 aliphatic carbocycles. The monoisotopic (exact) mass is 475 g/mol. The fraction of sp³-hybridized carbons (Fsp3) is 0.407. The van der Waals surface area contributed by atoms with E-state index in [-0.39, 0.29) is 17.4 Å². The summed E-state index contributed by atoms with van der Waals surface area (Å²) in [6.45, 7) is 4.95. The van der Waals surface area contributed by atoms with Gasteiger partial charge in [0.2, 0.25) is 11.8 Å². The zero-order valence-electron chi connectivity index (χ0n) is 20.5. The van der Waals surface area contributed by atoms with E-state index in [9.17, 15) is 14.4 Å². The first-order valence-electron chi connectivity index (χ1n) is 12.2. The molecule has 2 aromatic carbocycles. The van der Waals surface area contributed by atoms with E-state index in [0.29, 0.717) is 55.6 Å². The van der Waals surface area contributed by atoms with Crippen molar-refractivity contribution >= 4 is 28.4 Å². The fourth-order valence-electron chi connectivity index (χ4n) is 4.57. The van der Waals surface area contributed by atoms with Crippen LogP contribution in [0.5, 0.6) is 0 Å². The highest BCUT2D eigenvalue weighted by atomic mass is 16.2. The second kappa shape index (κ2) is 11.3. The number of rotatable bonds is 4. The average molecular weight is 476 g/mol. The molecule has 184 valence electrons. The Morgan fingerprint density at radius 2 is 1.77 bits per heavy atom. The van der Waals surface area contributed by atoms with Gasteiger partial charge >= 0.3 is 0 Å². The van der Waals surface area contributed by atoms with Gasteiger partial charge in [-0.05, 0) is 50.2 Å². The van der Waals surface area contributed by atoms with E-state index in [1.54, 1.807) is 13.0 Å². The van der Waals surface area contributed by atoms with Crippen LogP contribution in [-0.2, 0) is 22.6 Å². The van der Waals surface area contributed by atoms with E-state index in [1.807, 2.05) is 59.3 Å². The summed E-state index contributed by atoms with van der Waals surface area (Å²) in [5.41, 5.74) is 2.36. The topological polar surface area (TPSA) is 89.6 Å². The first-order chi connectivity index (χ1) is 16.9. The number of hydrogen-bond donors (Lipinski definition) is 1. The van der Waals surface area contributed by atoms with Crippen LogP contribution in [0, 0.1) is 0 Å². The number of carbonyl (C=O) groups excluding carboxylic acids is 2. The molecule has 0 unspecified atom stereocenters. The summed E-state index contributed by atoms with van der Waals surface area (Å²) in [7, 11) is 2.05. The minimum Gasteiger partial charge on any atom is -0.337 e. The van der Waals surface area contributed by atoms with E-state index in [0.717, 1.165) is 30.8 Å². The molecule has 2 amide bonds. The highest BCUT2D eigenvalue weighted by Gasteiger charge is 2.21. The number of fused-ring (bicyclic) bond motifs is 2. The molecule has 3 aromatic rings. The van der Waals surface area contributed by atoms with Gasteiger partial charge in [0.25, 0.3) is 5.56 Å². The van der Waals surface area contributed by atoms with Gasteiger partial charge in [0.1, 0.15) is 5.82 Å².